The highest BCUT2D eigenvalue weighted by Gasteiger charge is 2.30. The number of imidazole rings is 1. The summed E-state index contributed by atoms with van der Waals surface area (Å²) in [5.41, 5.74) is 2.76. The monoisotopic (exact) mass is 443 g/mol. The maximum absolute atomic E-state index is 12.7. The van der Waals surface area contributed by atoms with Gasteiger partial charge in [-0.25, -0.2) is 9.50 Å². The van der Waals surface area contributed by atoms with Gasteiger partial charge in [0.1, 0.15) is 17.5 Å². The molecule has 0 saturated carbocycles. The molecule has 5 aromatic rings. The van der Waals surface area contributed by atoms with Gasteiger partial charge in [0.25, 0.3) is 5.91 Å². The minimum Gasteiger partial charge on any atom is -0.477 e. The first-order chi connectivity index (χ1) is 16.3. The van der Waals surface area contributed by atoms with Crippen LogP contribution >= 0.6 is 0 Å². The van der Waals surface area contributed by atoms with E-state index in [4.69, 9.17) is 13.7 Å². The van der Waals surface area contributed by atoms with Crippen molar-refractivity contribution in [1.82, 2.24) is 24.7 Å². The normalized spacial score (nSPS) is 16.1. The highest BCUT2D eigenvalue weighted by Crippen LogP contribution is 2.28. The van der Waals surface area contributed by atoms with Gasteiger partial charge in [0.15, 0.2) is 11.4 Å². The second kappa shape index (κ2) is 8.09. The van der Waals surface area contributed by atoms with Crippen molar-refractivity contribution in [2.45, 2.75) is 25.3 Å². The summed E-state index contributed by atoms with van der Waals surface area (Å²) in [6.07, 6.45) is 7.23. The fourth-order valence-corrected chi connectivity index (χ4v) is 4.39. The lowest BCUT2D eigenvalue weighted by Gasteiger charge is -2.24. The predicted molar refractivity (Wildman–Crippen MR) is 119 cm³/mol. The third-order valence-electron chi connectivity index (χ3n) is 6.03. The lowest BCUT2D eigenvalue weighted by molar-refractivity contribution is 0.0718. The summed E-state index contributed by atoms with van der Waals surface area (Å²) in [7, 11) is 0. The lowest BCUT2D eigenvalue weighted by Crippen LogP contribution is -2.36. The van der Waals surface area contributed by atoms with Gasteiger partial charge in [-0.3, -0.25) is 4.79 Å². The van der Waals surface area contributed by atoms with Crippen LogP contribution in [0.1, 0.15) is 29.6 Å². The number of ether oxygens (including phenoxy) is 1. The summed E-state index contributed by atoms with van der Waals surface area (Å²) < 4.78 is 18.5. The first-order valence-electron chi connectivity index (χ1n) is 10.9. The number of carbonyl (C=O) groups excluding carboxylic acids is 1. The minimum absolute atomic E-state index is 0.0489. The molecule has 0 unspecified atom stereocenters. The van der Waals surface area contributed by atoms with E-state index in [2.05, 4.69) is 15.2 Å². The van der Waals surface area contributed by atoms with Crippen LogP contribution in [-0.4, -0.2) is 49.8 Å². The molecule has 6 rings (SSSR count). The molecule has 0 radical (unpaired) electrons. The van der Waals surface area contributed by atoms with Crippen LogP contribution in [0.15, 0.2) is 70.1 Å². The molecule has 1 aliphatic rings. The molecule has 1 amide bonds. The summed E-state index contributed by atoms with van der Waals surface area (Å²) >= 11 is 0. The number of fused-ring (bicyclic) bond motifs is 2. The van der Waals surface area contributed by atoms with Gasteiger partial charge in [0, 0.05) is 30.5 Å². The quantitative estimate of drug-likeness (QED) is 0.388. The SMILES string of the molecule is O=C(c1cnoc1)N1CCC[C@H]1CCOc1ccc2ncc(-c3cc4ccccc4o3)n2n1. The fraction of sp³-hybridized carbons (Fsp3) is 0.250. The number of carbonyl (C=O) groups is 1. The number of hydrogen-bond acceptors (Lipinski definition) is 7. The number of para-hydroxylation sites is 1. The number of benzene rings is 1. The molecule has 1 aromatic carbocycles. The van der Waals surface area contributed by atoms with Crippen molar-refractivity contribution in [3.8, 4) is 17.3 Å². The van der Waals surface area contributed by atoms with Crippen LogP contribution in [0, 0.1) is 0 Å². The van der Waals surface area contributed by atoms with E-state index in [0.717, 1.165) is 42.5 Å². The zero-order chi connectivity index (χ0) is 22.2. The van der Waals surface area contributed by atoms with E-state index < -0.39 is 0 Å². The zero-order valence-corrected chi connectivity index (χ0v) is 17.8. The average molecular weight is 443 g/mol. The maximum Gasteiger partial charge on any atom is 0.259 e. The summed E-state index contributed by atoms with van der Waals surface area (Å²) in [4.78, 5) is 19.0. The van der Waals surface area contributed by atoms with Crippen molar-refractivity contribution in [2.75, 3.05) is 13.2 Å². The second-order valence-electron chi connectivity index (χ2n) is 8.08. The standard InChI is InChI=1S/C24H21N5O4/c30-24(17-13-26-32-15-17)28-10-3-5-18(28)9-11-31-23-8-7-22-25-14-19(29(22)27-23)21-12-16-4-1-2-6-20(16)33-21/h1-2,4,6-8,12-15,18H,3,5,9-11H2/t18-/m0/s1. The molecule has 5 heterocycles. The molecule has 1 aliphatic heterocycles. The van der Waals surface area contributed by atoms with Crippen LogP contribution in [0.5, 0.6) is 5.88 Å². The molecule has 0 aliphatic carbocycles. The van der Waals surface area contributed by atoms with Gasteiger partial charge in [0.05, 0.1) is 24.6 Å². The van der Waals surface area contributed by atoms with Crippen LogP contribution in [0.4, 0.5) is 0 Å². The second-order valence-corrected chi connectivity index (χ2v) is 8.08. The van der Waals surface area contributed by atoms with Gasteiger partial charge < -0.3 is 18.6 Å². The topological polar surface area (TPSA) is 98.9 Å². The van der Waals surface area contributed by atoms with Gasteiger partial charge in [-0.2, -0.15) is 0 Å². The Morgan fingerprint density at radius 3 is 3.00 bits per heavy atom. The Morgan fingerprint density at radius 2 is 2.12 bits per heavy atom. The third-order valence-corrected chi connectivity index (χ3v) is 6.03. The van der Waals surface area contributed by atoms with Gasteiger partial charge in [-0.1, -0.05) is 23.4 Å². The van der Waals surface area contributed by atoms with Crippen LogP contribution in [0.25, 0.3) is 28.1 Å². The highest BCUT2D eigenvalue weighted by molar-refractivity contribution is 5.93. The molecule has 33 heavy (non-hydrogen) atoms. The molecule has 1 fully saturated rings. The van der Waals surface area contributed by atoms with Gasteiger partial charge in [-0.05, 0) is 31.0 Å². The molecule has 1 saturated heterocycles. The number of aromatic nitrogens is 4. The summed E-state index contributed by atoms with van der Waals surface area (Å²) in [5.74, 6) is 1.14. The zero-order valence-electron chi connectivity index (χ0n) is 17.8. The molecule has 4 aromatic heterocycles. The van der Waals surface area contributed by atoms with E-state index in [1.165, 1.54) is 12.5 Å². The highest BCUT2D eigenvalue weighted by atomic mass is 16.5. The molecule has 166 valence electrons. The molecule has 9 heteroatoms. The van der Waals surface area contributed by atoms with Crippen molar-refractivity contribution in [3.63, 3.8) is 0 Å². The molecule has 0 spiro atoms. The third kappa shape index (κ3) is 3.61. The average Bonchev–Trinajstić information content (AvgIpc) is 3.64. The Hall–Kier alpha value is -4.14. The van der Waals surface area contributed by atoms with E-state index in [9.17, 15) is 4.79 Å². The smallest absolute Gasteiger partial charge is 0.259 e. The lowest BCUT2D eigenvalue weighted by atomic mass is 10.1. The van der Waals surface area contributed by atoms with Crippen molar-refractivity contribution in [2.24, 2.45) is 0 Å². The van der Waals surface area contributed by atoms with E-state index in [-0.39, 0.29) is 11.9 Å². The van der Waals surface area contributed by atoms with Gasteiger partial charge >= 0.3 is 0 Å². The first kappa shape index (κ1) is 19.5. The Balaban J connectivity index is 1.16. The van der Waals surface area contributed by atoms with Gasteiger partial charge in [0.2, 0.25) is 5.88 Å². The number of furan rings is 1. The predicted octanol–water partition coefficient (Wildman–Crippen LogP) is 4.20. The Kier molecular flexibility index (Phi) is 4.79. The molecule has 0 N–H and O–H groups in total. The van der Waals surface area contributed by atoms with Crippen molar-refractivity contribution < 1.29 is 18.5 Å². The summed E-state index contributed by atoms with van der Waals surface area (Å²) in [5, 5.41) is 9.27. The first-order valence-corrected chi connectivity index (χ1v) is 10.9. The Labute approximate surface area is 188 Å². The number of nitrogens with zero attached hydrogens (tertiary/aromatic N) is 5. The summed E-state index contributed by atoms with van der Waals surface area (Å²) in [6, 6.07) is 13.6. The van der Waals surface area contributed by atoms with Crippen LogP contribution in [-0.2, 0) is 0 Å². The number of likely N-dealkylation sites (tertiary alicyclic amines) is 1. The molecule has 9 nitrogen and oxygen atoms in total. The minimum atomic E-state index is -0.0489. The molecular weight excluding hydrogens is 422 g/mol. The van der Waals surface area contributed by atoms with Crippen LogP contribution in [0.3, 0.4) is 0 Å². The van der Waals surface area contributed by atoms with E-state index in [1.54, 1.807) is 16.8 Å². The van der Waals surface area contributed by atoms with Crippen LogP contribution < -0.4 is 4.74 Å². The summed E-state index contributed by atoms with van der Waals surface area (Å²) in [6.45, 7) is 1.18. The largest absolute Gasteiger partial charge is 0.477 e. The number of hydrogen-bond donors (Lipinski definition) is 0. The molecular formula is C24H21N5O4. The maximum atomic E-state index is 12.7. The Bertz CT molecular complexity index is 1390. The van der Waals surface area contributed by atoms with Crippen molar-refractivity contribution in [3.05, 3.63) is 66.7 Å². The van der Waals surface area contributed by atoms with Crippen LogP contribution in [0.2, 0.25) is 0 Å². The van der Waals surface area contributed by atoms with Crippen molar-refractivity contribution >= 4 is 22.5 Å². The number of amides is 1. The van der Waals surface area contributed by atoms with Crippen molar-refractivity contribution in [1.29, 1.82) is 0 Å². The van der Waals surface area contributed by atoms with Gasteiger partial charge in [-0.15, -0.1) is 5.10 Å². The number of rotatable bonds is 6. The molecule has 0 bridgehead atoms. The fourth-order valence-electron chi connectivity index (χ4n) is 4.39. The Morgan fingerprint density at radius 1 is 1.18 bits per heavy atom. The van der Waals surface area contributed by atoms with E-state index in [0.29, 0.717) is 29.5 Å². The molecule has 1 atom stereocenters. The van der Waals surface area contributed by atoms with E-state index >= 15 is 0 Å². The van der Waals surface area contributed by atoms with E-state index in [1.807, 2.05) is 41.3 Å².